The Hall–Kier alpha value is -12.5. The molecule has 0 aliphatic heterocycles. The van der Waals surface area contributed by atoms with Gasteiger partial charge < -0.3 is 0 Å². The van der Waals surface area contributed by atoms with E-state index in [1.807, 2.05) is 0 Å². The Morgan fingerprint density at radius 1 is 0.0938 bits per heavy atom. The number of benzene rings is 20. The normalized spacial score (nSPS) is 12.8. The van der Waals surface area contributed by atoms with Gasteiger partial charge in [0.2, 0.25) is 0 Å². The van der Waals surface area contributed by atoms with E-state index in [1.54, 1.807) is 0 Å². The smallest absolute Gasteiger partial charge is 0.00139 e. The van der Waals surface area contributed by atoms with Gasteiger partial charge in [-0.3, -0.25) is 0 Å². The summed E-state index contributed by atoms with van der Waals surface area (Å²) in [5.74, 6) is 0. The quantitative estimate of drug-likeness (QED) is 0.105. The number of hydrogen-bond donors (Lipinski definition) is 0. The highest BCUT2D eigenvalue weighted by atomic mass is 14.3. The van der Waals surface area contributed by atoms with Gasteiger partial charge in [0.15, 0.2) is 0 Å². The summed E-state index contributed by atoms with van der Waals surface area (Å²) in [6, 6.07) is 114. The van der Waals surface area contributed by atoms with E-state index in [-0.39, 0.29) is 0 Å². The lowest BCUT2D eigenvalue weighted by atomic mass is 9.86. The lowest BCUT2D eigenvalue weighted by molar-refractivity contribution is 1.70. The molecule has 0 atom stereocenters. The summed E-state index contributed by atoms with van der Waals surface area (Å²) in [6.07, 6.45) is 0. The molecule has 0 bridgehead atoms. The van der Waals surface area contributed by atoms with Gasteiger partial charge in [-0.05, 0) is 311 Å². The van der Waals surface area contributed by atoms with E-state index in [1.165, 1.54) is 251 Å². The number of hydrogen-bond acceptors (Lipinski definition) is 0. The van der Waals surface area contributed by atoms with Crippen LogP contribution < -0.4 is 0 Å². The highest BCUT2D eigenvalue weighted by Gasteiger charge is 2.30. The van der Waals surface area contributed by atoms with Gasteiger partial charge >= 0.3 is 0 Å². The maximum Gasteiger partial charge on any atom is -0.00139 e. The molecule has 0 N–H and O–H groups in total. The summed E-state index contributed by atoms with van der Waals surface area (Å²) in [4.78, 5) is 0. The summed E-state index contributed by atoms with van der Waals surface area (Å²) < 4.78 is 0. The van der Waals surface area contributed by atoms with Gasteiger partial charge in [-0.1, -0.05) is 243 Å². The SMILES string of the molecule is c1cc2c3c(cccc3c1)-c1cc3cc4cc5c(cc4cc3cc1-2)-c1cccc2cccc-5c12.c1cc2cccc3c4cc5cc6c(cc5cc4c(c1)c23)c1cccc2cccc6c21.c1ccc2c(c1)-c1ccc3c4ccc5c6c(ccc(c7ccc-2c1c37)c64)-c1ccccc1-5. The number of fused-ring (bicyclic) bond motifs is 23. The predicted molar refractivity (Wildman–Crippen MR) is 413 cm³/mol. The molecule has 434 valence electrons. The summed E-state index contributed by atoms with van der Waals surface area (Å²) in [7, 11) is 0. The highest BCUT2D eigenvalue weighted by Crippen LogP contribution is 2.57. The zero-order valence-corrected chi connectivity index (χ0v) is 51.9. The molecule has 0 heterocycles. The molecule has 0 fully saturated rings. The molecule has 96 heavy (non-hydrogen) atoms. The van der Waals surface area contributed by atoms with Gasteiger partial charge in [-0.25, -0.2) is 0 Å². The Morgan fingerprint density at radius 3 is 0.594 bits per heavy atom. The minimum atomic E-state index is 1.31. The maximum absolute atomic E-state index is 2.41. The van der Waals surface area contributed by atoms with Crippen LogP contribution in [0.15, 0.2) is 303 Å². The van der Waals surface area contributed by atoms with E-state index in [2.05, 4.69) is 303 Å². The van der Waals surface area contributed by atoms with E-state index < -0.39 is 0 Å². The maximum atomic E-state index is 2.41. The van der Waals surface area contributed by atoms with E-state index in [0.29, 0.717) is 0 Å². The van der Waals surface area contributed by atoms with Crippen LogP contribution in [-0.2, 0) is 0 Å². The topological polar surface area (TPSA) is 0 Å². The molecule has 0 aromatic heterocycles. The molecule has 0 amide bonds. The van der Waals surface area contributed by atoms with Crippen LogP contribution in [0.25, 0.3) is 251 Å². The second-order valence-corrected chi connectivity index (χ2v) is 27.6. The van der Waals surface area contributed by atoms with Crippen molar-refractivity contribution in [2.45, 2.75) is 0 Å². The second-order valence-electron chi connectivity index (χ2n) is 27.6. The van der Waals surface area contributed by atoms with Crippen LogP contribution in [0.3, 0.4) is 0 Å². The molecule has 0 spiro atoms. The molecule has 0 saturated heterocycles. The average Bonchev–Trinajstić information content (AvgIpc) is 1.42. The summed E-state index contributed by atoms with van der Waals surface area (Å²) in [5.41, 5.74) is 21.8. The van der Waals surface area contributed by atoms with Crippen LogP contribution in [0.1, 0.15) is 0 Å². The van der Waals surface area contributed by atoms with Crippen molar-refractivity contribution in [2.24, 2.45) is 0 Å². The van der Waals surface area contributed by atoms with Crippen LogP contribution >= 0.6 is 0 Å². The van der Waals surface area contributed by atoms with E-state index in [9.17, 15) is 0 Å². The first kappa shape index (κ1) is 50.1. The molecule has 0 unspecified atom stereocenters. The third-order valence-electron chi connectivity index (χ3n) is 23.0. The Bertz CT molecular complexity index is 6520. The minimum absolute atomic E-state index is 1.31. The molecule has 22 aromatic rings. The molecule has 22 aromatic carbocycles. The van der Waals surface area contributed by atoms with E-state index in [4.69, 9.17) is 0 Å². The van der Waals surface area contributed by atoms with Crippen LogP contribution in [0.5, 0.6) is 0 Å². The zero-order chi connectivity index (χ0) is 61.9. The van der Waals surface area contributed by atoms with E-state index in [0.717, 1.165) is 0 Å². The monoisotopic (exact) mass is 1200 g/mol. The third-order valence-corrected chi connectivity index (χ3v) is 23.0. The van der Waals surface area contributed by atoms with Gasteiger partial charge in [0, 0.05) is 0 Å². The predicted octanol–water partition coefficient (Wildman–Crippen LogP) is 27.3. The van der Waals surface area contributed by atoms with Gasteiger partial charge in [0.25, 0.3) is 0 Å². The van der Waals surface area contributed by atoms with Gasteiger partial charge in [0.05, 0.1) is 0 Å². The summed E-state index contributed by atoms with van der Waals surface area (Å²) in [5, 5.41) is 40.9. The van der Waals surface area contributed by atoms with Gasteiger partial charge in [-0.2, -0.15) is 0 Å². The fourth-order valence-corrected chi connectivity index (χ4v) is 19.1. The van der Waals surface area contributed by atoms with Crippen LogP contribution in [0, 0.1) is 0 Å². The first-order valence-electron chi connectivity index (χ1n) is 33.8. The lowest BCUT2D eigenvalue weighted by Crippen LogP contribution is -1.88. The molecular formula is C96H50. The molecule has 4 aliphatic carbocycles. The molecule has 0 nitrogen and oxygen atoms in total. The van der Waals surface area contributed by atoms with Crippen LogP contribution in [0.4, 0.5) is 0 Å². The fourth-order valence-electron chi connectivity index (χ4n) is 19.1. The van der Waals surface area contributed by atoms with Gasteiger partial charge in [-0.15, -0.1) is 0 Å². The van der Waals surface area contributed by atoms with Crippen LogP contribution in [0.2, 0.25) is 0 Å². The standard InChI is InChI=1S/C34H18.C32H16.C30H16/c1-5-19-6-2-10-26-30-16-22-14-24-18-32-28-12-4-8-20-7-3-11-27(34(20)28)31(32)17-23(24)13-21(22)15-29(30)25(9-1)33(19)26;1-2-6-18-17(5-1)21-9-13-25-27-15-11-23-19-7-3-4-8-20(19)24-12-16-28(32(27)30(23)24)26-14-10-22(18)29(21)31(25)26;1-5-17-6-2-10-22-26-14-20-16-28-24-12-4-8-18-7-3-11-23(30(18)24)27(28)15-19(20)13-25(26)21(9-1)29(17)22/h1-18H;1-16H;1-16H. The summed E-state index contributed by atoms with van der Waals surface area (Å²) >= 11 is 0. The Kier molecular flexibility index (Phi) is 9.29. The molecular weight excluding hydrogens is 1150 g/mol. The van der Waals surface area contributed by atoms with Crippen molar-refractivity contribution >= 4 is 162 Å². The lowest BCUT2D eigenvalue weighted by Gasteiger charge is -2.16. The Balaban J connectivity index is 0.0000000887. The third kappa shape index (κ3) is 6.31. The second kappa shape index (κ2) is 17.8. The first-order chi connectivity index (χ1) is 47.6. The summed E-state index contributed by atoms with van der Waals surface area (Å²) in [6.45, 7) is 0. The van der Waals surface area contributed by atoms with Crippen LogP contribution in [-0.4, -0.2) is 0 Å². The van der Waals surface area contributed by atoms with Crippen molar-refractivity contribution in [3.05, 3.63) is 303 Å². The molecule has 26 rings (SSSR count). The average molecular weight is 1200 g/mol. The van der Waals surface area contributed by atoms with Crippen molar-refractivity contribution < 1.29 is 0 Å². The van der Waals surface area contributed by atoms with Gasteiger partial charge in [0.1, 0.15) is 0 Å². The largest absolute Gasteiger partial charge is 0.0616 e. The zero-order valence-electron chi connectivity index (χ0n) is 51.9. The highest BCUT2D eigenvalue weighted by molar-refractivity contribution is 6.41. The van der Waals surface area contributed by atoms with Crippen molar-refractivity contribution in [3.63, 3.8) is 0 Å². The fraction of sp³-hybridized carbons (Fsp3) is 0. The first-order valence-corrected chi connectivity index (χ1v) is 33.8. The minimum Gasteiger partial charge on any atom is -0.0616 e. The molecule has 4 aliphatic rings. The van der Waals surface area contributed by atoms with Crippen molar-refractivity contribution in [1.82, 2.24) is 0 Å². The molecule has 0 heteroatoms. The van der Waals surface area contributed by atoms with Crippen molar-refractivity contribution in [2.75, 3.05) is 0 Å². The van der Waals surface area contributed by atoms with Crippen molar-refractivity contribution in [3.8, 4) is 89.0 Å². The Labute approximate surface area is 550 Å². The Morgan fingerprint density at radius 2 is 0.312 bits per heavy atom. The molecule has 0 saturated carbocycles. The molecule has 0 radical (unpaired) electrons. The number of rotatable bonds is 0. The van der Waals surface area contributed by atoms with E-state index >= 15 is 0 Å². The van der Waals surface area contributed by atoms with Crippen molar-refractivity contribution in [1.29, 1.82) is 0 Å².